The summed E-state index contributed by atoms with van der Waals surface area (Å²) < 4.78 is 5.27. The van der Waals surface area contributed by atoms with Gasteiger partial charge < -0.3 is 4.74 Å². The molecule has 1 aliphatic heterocycles. The number of benzene rings is 1. The molecule has 1 aromatic rings. The van der Waals surface area contributed by atoms with E-state index in [1.54, 1.807) is 0 Å². The monoisotopic (exact) mass is 205 g/mol. The molecule has 1 aromatic carbocycles. The standard InChI is InChI=1S/C12H15NO2/c1-8(2)10-12(14)15-11(13-10)9-6-4-3-5-7-9/h3-8,10-11,13H,1-2H3. The zero-order chi connectivity index (χ0) is 10.8. The molecule has 3 heteroatoms. The lowest BCUT2D eigenvalue weighted by Crippen LogP contribution is -2.33. The van der Waals surface area contributed by atoms with E-state index >= 15 is 0 Å². The summed E-state index contributed by atoms with van der Waals surface area (Å²) in [5.41, 5.74) is 0.994. The third-order valence-electron chi connectivity index (χ3n) is 2.59. The van der Waals surface area contributed by atoms with Crippen molar-refractivity contribution < 1.29 is 9.53 Å². The van der Waals surface area contributed by atoms with E-state index in [1.165, 1.54) is 0 Å². The van der Waals surface area contributed by atoms with Gasteiger partial charge in [-0.15, -0.1) is 0 Å². The van der Waals surface area contributed by atoms with Crippen molar-refractivity contribution in [3.05, 3.63) is 35.9 Å². The quantitative estimate of drug-likeness (QED) is 0.749. The predicted molar refractivity (Wildman–Crippen MR) is 57.0 cm³/mol. The number of carbonyl (C=O) groups is 1. The minimum Gasteiger partial charge on any atom is -0.441 e. The molecule has 1 saturated heterocycles. The number of esters is 1. The molecule has 1 fully saturated rings. The lowest BCUT2D eigenvalue weighted by molar-refractivity contribution is -0.143. The van der Waals surface area contributed by atoms with Crippen LogP contribution in [0.3, 0.4) is 0 Å². The van der Waals surface area contributed by atoms with Gasteiger partial charge in [0.15, 0.2) is 6.23 Å². The van der Waals surface area contributed by atoms with Gasteiger partial charge in [0.05, 0.1) is 0 Å². The molecule has 15 heavy (non-hydrogen) atoms. The second-order valence-electron chi connectivity index (χ2n) is 4.12. The summed E-state index contributed by atoms with van der Waals surface area (Å²) in [6, 6.07) is 9.54. The Morgan fingerprint density at radius 1 is 1.27 bits per heavy atom. The molecule has 3 nitrogen and oxygen atoms in total. The van der Waals surface area contributed by atoms with E-state index in [1.807, 2.05) is 44.2 Å². The van der Waals surface area contributed by atoms with Crippen LogP contribution in [0.15, 0.2) is 30.3 Å². The summed E-state index contributed by atoms with van der Waals surface area (Å²) in [6.07, 6.45) is -0.286. The number of hydrogen-bond acceptors (Lipinski definition) is 3. The van der Waals surface area contributed by atoms with Crippen molar-refractivity contribution in [2.45, 2.75) is 26.1 Å². The topological polar surface area (TPSA) is 38.3 Å². The fraction of sp³-hybridized carbons (Fsp3) is 0.417. The molecule has 0 aromatic heterocycles. The van der Waals surface area contributed by atoms with E-state index in [4.69, 9.17) is 4.74 Å². The molecule has 2 rings (SSSR count). The van der Waals surface area contributed by atoms with Crippen LogP contribution in [-0.4, -0.2) is 12.0 Å². The molecule has 1 N–H and O–H groups in total. The van der Waals surface area contributed by atoms with Crippen LogP contribution in [0.5, 0.6) is 0 Å². The Morgan fingerprint density at radius 3 is 2.47 bits per heavy atom. The third kappa shape index (κ3) is 2.02. The first kappa shape index (κ1) is 10.2. The van der Waals surface area contributed by atoms with E-state index < -0.39 is 0 Å². The van der Waals surface area contributed by atoms with E-state index in [0.29, 0.717) is 0 Å². The molecule has 2 atom stereocenters. The second kappa shape index (κ2) is 4.03. The van der Waals surface area contributed by atoms with Crippen molar-refractivity contribution in [2.75, 3.05) is 0 Å². The Balaban J connectivity index is 2.13. The van der Waals surface area contributed by atoms with Gasteiger partial charge in [0, 0.05) is 5.56 Å². The summed E-state index contributed by atoms with van der Waals surface area (Å²) >= 11 is 0. The highest BCUT2D eigenvalue weighted by Crippen LogP contribution is 2.24. The molecule has 0 radical (unpaired) electrons. The molecule has 0 amide bonds. The van der Waals surface area contributed by atoms with Gasteiger partial charge in [-0.3, -0.25) is 10.1 Å². The maximum absolute atomic E-state index is 11.5. The van der Waals surface area contributed by atoms with Gasteiger partial charge >= 0.3 is 5.97 Å². The average Bonchev–Trinajstić information content (AvgIpc) is 2.62. The van der Waals surface area contributed by atoms with Gasteiger partial charge in [0.25, 0.3) is 0 Å². The van der Waals surface area contributed by atoms with Crippen LogP contribution in [0.1, 0.15) is 25.6 Å². The molecule has 2 unspecified atom stereocenters. The molecular weight excluding hydrogens is 190 g/mol. The van der Waals surface area contributed by atoms with Gasteiger partial charge in [0.2, 0.25) is 0 Å². The lowest BCUT2D eigenvalue weighted by Gasteiger charge is -2.12. The van der Waals surface area contributed by atoms with Crippen LogP contribution in [0.25, 0.3) is 0 Å². The molecule has 80 valence electrons. The molecule has 0 aliphatic carbocycles. The van der Waals surface area contributed by atoms with E-state index in [-0.39, 0.29) is 24.2 Å². The van der Waals surface area contributed by atoms with Gasteiger partial charge in [-0.25, -0.2) is 0 Å². The van der Waals surface area contributed by atoms with Crippen LogP contribution < -0.4 is 5.32 Å². The Kier molecular flexibility index (Phi) is 2.73. The van der Waals surface area contributed by atoms with E-state index in [0.717, 1.165) is 5.56 Å². The number of ether oxygens (including phenoxy) is 1. The Morgan fingerprint density at radius 2 is 1.93 bits per heavy atom. The average molecular weight is 205 g/mol. The zero-order valence-corrected chi connectivity index (χ0v) is 8.94. The van der Waals surface area contributed by atoms with Crippen molar-refractivity contribution >= 4 is 5.97 Å². The minimum atomic E-state index is -0.286. The molecule has 0 bridgehead atoms. The number of cyclic esters (lactones) is 1. The summed E-state index contributed by atoms with van der Waals surface area (Å²) in [4.78, 5) is 11.5. The predicted octanol–water partition coefficient (Wildman–Crippen LogP) is 1.86. The smallest absolute Gasteiger partial charge is 0.325 e. The van der Waals surface area contributed by atoms with Gasteiger partial charge in [-0.05, 0) is 5.92 Å². The fourth-order valence-electron chi connectivity index (χ4n) is 1.71. The first-order valence-electron chi connectivity index (χ1n) is 5.20. The molecule has 0 spiro atoms. The van der Waals surface area contributed by atoms with Gasteiger partial charge in [0.1, 0.15) is 6.04 Å². The maximum atomic E-state index is 11.5. The van der Waals surface area contributed by atoms with Crippen LogP contribution in [0, 0.1) is 5.92 Å². The second-order valence-corrected chi connectivity index (χ2v) is 4.12. The largest absolute Gasteiger partial charge is 0.441 e. The van der Waals surface area contributed by atoms with Crippen molar-refractivity contribution in [3.63, 3.8) is 0 Å². The molecule has 1 aliphatic rings. The van der Waals surface area contributed by atoms with Crippen molar-refractivity contribution in [1.82, 2.24) is 5.32 Å². The van der Waals surface area contributed by atoms with Crippen LogP contribution in [-0.2, 0) is 9.53 Å². The number of hydrogen-bond donors (Lipinski definition) is 1. The van der Waals surface area contributed by atoms with Gasteiger partial charge in [-0.2, -0.15) is 0 Å². The highest BCUT2D eigenvalue weighted by atomic mass is 16.6. The molecular formula is C12H15NO2. The SMILES string of the molecule is CC(C)C1NC(c2ccccc2)OC1=O. The number of rotatable bonds is 2. The Labute approximate surface area is 89.4 Å². The summed E-state index contributed by atoms with van der Waals surface area (Å²) in [6.45, 7) is 4.01. The molecule has 1 heterocycles. The summed E-state index contributed by atoms with van der Waals surface area (Å²) in [7, 11) is 0. The van der Waals surface area contributed by atoms with Gasteiger partial charge in [-0.1, -0.05) is 44.2 Å². The van der Waals surface area contributed by atoms with Crippen molar-refractivity contribution in [2.24, 2.45) is 5.92 Å². The highest BCUT2D eigenvalue weighted by molar-refractivity contribution is 5.78. The zero-order valence-electron chi connectivity index (χ0n) is 8.94. The third-order valence-corrected chi connectivity index (χ3v) is 2.59. The van der Waals surface area contributed by atoms with E-state index in [2.05, 4.69) is 5.32 Å². The first-order valence-corrected chi connectivity index (χ1v) is 5.20. The number of nitrogens with one attached hydrogen (secondary N) is 1. The maximum Gasteiger partial charge on any atom is 0.325 e. The van der Waals surface area contributed by atoms with Crippen LogP contribution in [0.2, 0.25) is 0 Å². The van der Waals surface area contributed by atoms with Crippen LogP contribution >= 0.6 is 0 Å². The lowest BCUT2D eigenvalue weighted by atomic mass is 10.1. The minimum absolute atomic E-state index is 0.154. The summed E-state index contributed by atoms with van der Waals surface area (Å²) in [5, 5.41) is 3.18. The molecule has 0 saturated carbocycles. The Hall–Kier alpha value is -1.35. The van der Waals surface area contributed by atoms with Crippen molar-refractivity contribution in [1.29, 1.82) is 0 Å². The number of carbonyl (C=O) groups excluding carboxylic acids is 1. The summed E-state index contributed by atoms with van der Waals surface area (Å²) in [5.74, 6) is 0.102. The van der Waals surface area contributed by atoms with Crippen molar-refractivity contribution in [3.8, 4) is 0 Å². The fourth-order valence-corrected chi connectivity index (χ4v) is 1.71. The normalized spacial score (nSPS) is 25.7. The van der Waals surface area contributed by atoms with E-state index in [9.17, 15) is 4.79 Å². The highest BCUT2D eigenvalue weighted by Gasteiger charge is 2.35. The van der Waals surface area contributed by atoms with Crippen LogP contribution in [0.4, 0.5) is 0 Å². The Bertz CT molecular complexity index is 348. The first-order chi connectivity index (χ1) is 7.18.